The van der Waals surface area contributed by atoms with Crippen LogP contribution in [-0.4, -0.2) is 46.8 Å². The summed E-state index contributed by atoms with van der Waals surface area (Å²) in [6.45, 7) is 3.22. The highest BCUT2D eigenvalue weighted by atomic mass is 32.2. The van der Waals surface area contributed by atoms with Crippen molar-refractivity contribution in [2.24, 2.45) is 0 Å². The molecule has 0 amide bonds. The first-order valence-electron chi connectivity index (χ1n) is 5.32. The second-order valence-electron chi connectivity index (χ2n) is 3.95. The Bertz CT molecular complexity index is 510. The number of aliphatic hydroxyl groups is 1. The van der Waals surface area contributed by atoms with Gasteiger partial charge in [0.25, 0.3) is 0 Å². The molecular formula is C11H19NO7S. The summed E-state index contributed by atoms with van der Waals surface area (Å²) in [5.41, 5.74) is 4.12. The summed E-state index contributed by atoms with van der Waals surface area (Å²) in [4.78, 5) is 9.74. The third-order valence-electron chi connectivity index (χ3n) is 2.21. The van der Waals surface area contributed by atoms with Gasteiger partial charge in [0.2, 0.25) is 6.04 Å². The van der Waals surface area contributed by atoms with Crippen molar-refractivity contribution >= 4 is 16.1 Å². The quantitative estimate of drug-likeness (QED) is 0.551. The molecule has 20 heavy (non-hydrogen) atoms. The number of aliphatic hydroxyl groups excluding tert-OH is 1. The van der Waals surface area contributed by atoms with E-state index in [9.17, 15) is 17.8 Å². The minimum Gasteiger partial charge on any atom is -0.744 e. The highest BCUT2D eigenvalue weighted by Crippen LogP contribution is 2.08. The first-order chi connectivity index (χ1) is 8.55. The van der Waals surface area contributed by atoms with Crippen molar-refractivity contribution in [3.05, 3.63) is 29.8 Å². The average molecular weight is 309 g/mol. The van der Waals surface area contributed by atoms with Gasteiger partial charge >= 0.3 is 5.97 Å². The molecular weight excluding hydrogens is 290 g/mol. The zero-order chi connectivity index (χ0) is 15.2. The fourth-order valence-electron chi connectivity index (χ4n) is 0.911. The van der Waals surface area contributed by atoms with Crippen LogP contribution in [0.1, 0.15) is 12.5 Å². The molecule has 7 N–H and O–H groups in total. The van der Waals surface area contributed by atoms with Crippen LogP contribution in [0.25, 0.3) is 0 Å². The SMILES string of the molecule is CC(O)C([NH3+])C(=O)O.Cc1ccc(S(=O)(=O)[O-])cc1.O. The Kier molecular flexibility index (Phi) is 8.95. The number of carboxylic acid groups (broad SMARTS) is 1. The number of carboxylic acids is 1. The van der Waals surface area contributed by atoms with Crippen LogP contribution in [0.5, 0.6) is 0 Å². The van der Waals surface area contributed by atoms with E-state index in [0.29, 0.717) is 0 Å². The van der Waals surface area contributed by atoms with E-state index in [1.54, 1.807) is 12.1 Å². The summed E-state index contributed by atoms with van der Waals surface area (Å²) in [7, 11) is -4.27. The van der Waals surface area contributed by atoms with Crippen LogP contribution in [-0.2, 0) is 14.9 Å². The van der Waals surface area contributed by atoms with Crippen molar-refractivity contribution in [1.82, 2.24) is 0 Å². The molecule has 9 heteroatoms. The Morgan fingerprint density at radius 3 is 1.90 bits per heavy atom. The van der Waals surface area contributed by atoms with Crippen molar-refractivity contribution in [2.75, 3.05) is 0 Å². The first-order valence-corrected chi connectivity index (χ1v) is 6.73. The number of hydrogen-bond donors (Lipinski definition) is 3. The molecule has 8 nitrogen and oxygen atoms in total. The lowest BCUT2D eigenvalue weighted by atomic mass is 10.2. The van der Waals surface area contributed by atoms with E-state index in [4.69, 9.17) is 10.2 Å². The molecule has 0 radical (unpaired) electrons. The summed E-state index contributed by atoms with van der Waals surface area (Å²) < 4.78 is 31.2. The molecule has 1 rings (SSSR count). The molecule has 0 aliphatic heterocycles. The van der Waals surface area contributed by atoms with Crippen LogP contribution in [0, 0.1) is 6.92 Å². The topological polar surface area (TPSA) is 174 Å². The van der Waals surface area contributed by atoms with Crippen LogP contribution in [0.4, 0.5) is 0 Å². The minimum absolute atomic E-state index is 0. The van der Waals surface area contributed by atoms with E-state index in [1.807, 2.05) is 6.92 Å². The van der Waals surface area contributed by atoms with Gasteiger partial charge in [0.1, 0.15) is 16.2 Å². The largest absolute Gasteiger partial charge is 0.744 e. The second kappa shape index (κ2) is 8.61. The van der Waals surface area contributed by atoms with Crippen LogP contribution < -0.4 is 5.73 Å². The van der Waals surface area contributed by atoms with Crippen molar-refractivity contribution in [3.63, 3.8) is 0 Å². The van der Waals surface area contributed by atoms with Gasteiger partial charge in [-0.25, -0.2) is 13.2 Å². The van der Waals surface area contributed by atoms with E-state index in [2.05, 4.69) is 5.73 Å². The van der Waals surface area contributed by atoms with Crippen LogP contribution in [0.2, 0.25) is 0 Å². The number of benzene rings is 1. The van der Waals surface area contributed by atoms with Gasteiger partial charge in [-0.05, 0) is 26.0 Å². The summed E-state index contributed by atoms with van der Waals surface area (Å²) in [5, 5.41) is 16.7. The Morgan fingerprint density at radius 1 is 1.30 bits per heavy atom. The van der Waals surface area contributed by atoms with Crippen LogP contribution in [0.15, 0.2) is 29.2 Å². The molecule has 0 heterocycles. The molecule has 2 unspecified atom stereocenters. The van der Waals surface area contributed by atoms with Crippen molar-refractivity contribution in [1.29, 1.82) is 0 Å². The van der Waals surface area contributed by atoms with Crippen molar-refractivity contribution in [3.8, 4) is 0 Å². The average Bonchev–Trinajstić information content (AvgIpc) is 2.27. The predicted molar refractivity (Wildman–Crippen MR) is 68.7 cm³/mol. The van der Waals surface area contributed by atoms with Gasteiger partial charge in [-0.2, -0.15) is 0 Å². The Labute approximate surface area is 116 Å². The Balaban J connectivity index is 0. The number of carbonyl (C=O) groups is 1. The molecule has 0 bridgehead atoms. The maximum Gasteiger partial charge on any atom is 0.365 e. The molecule has 116 valence electrons. The number of aliphatic carboxylic acids is 1. The van der Waals surface area contributed by atoms with Gasteiger partial charge in [0.15, 0.2) is 0 Å². The molecule has 0 aliphatic rings. The highest BCUT2D eigenvalue weighted by molar-refractivity contribution is 7.85. The van der Waals surface area contributed by atoms with Crippen molar-refractivity contribution < 1.29 is 39.2 Å². The predicted octanol–water partition coefficient (Wildman–Crippen LogP) is -1.86. The fraction of sp³-hybridized carbons (Fsp3) is 0.364. The first kappa shape index (κ1) is 20.8. The molecule has 1 aromatic carbocycles. The molecule has 0 fully saturated rings. The fourth-order valence-corrected chi connectivity index (χ4v) is 1.38. The molecule has 0 spiro atoms. The lowest BCUT2D eigenvalue weighted by Crippen LogP contribution is -2.69. The number of aryl methyl sites for hydroxylation is 1. The van der Waals surface area contributed by atoms with Gasteiger partial charge in [-0.3, -0.25) is 0 Å². The van der Waals surface area contributed by atoms with Gasteiger partial charge in [0, 0.05) is 0 Å². The van der Waals surface area contributed by atoms with Crippen molar-refractivity contribution in [2.45, 2.75) is 30.9 Å². The zero-order valence-corrected chi connectivity index (χ0v) is 11.9. The lowest BCUT2D eigenvalue weighted by Gasteiger charge is -2.05. The summed E-state index contributed by atoms with van der Waals surface area (Å²) >= 11 is 0. The second-order valence-corrected chi connectivity index (χ2v) is 5.33. The third kappa shape index (κ3) is 7.81. The van der Waals surface area contributed by atoms with Gasteiger partial charge < -0.3 is 26.0 Å². The van der Waals surface area contributed by atoms with Crippen LogP contribution in [0.3, 0.4) is 0 Å². The third-order valence-corrected chi connectivity index (χ3v) is 3.06. The summed E-state index contributed by atoms with van der Waals surface area (Å²) in [6, 6.07) is 4.88. The van der Waals surface area contributed by atoms with E-state index in [0.717, 1.165) is 5.56 Å². The Morgan fingerprint density at radius 2 is 1.70 bits per heavy atom. The Hall–Kier alpha value is -1.52. The standard InChI is InChI=1S/C7H8O3S.C4H9NO3.H2O/c1-6-2-4-7(5-3-6)11(8,9)10;1-2(6)3(5)4(7)8;/h2-5H,1H3,(H,8,9,10);2-3,6H,5H2,1H3,(H,7,8);1H2. The van der Waals surface area contributed by atoms with Gasteiger partial charge in [-0.15, -0.1) is 0 Å². The normalized spacial score (nSPS) is 13.2. The lowest BCUT2D eigenvalue weighted by molar-refractivity contribution is -0.423. The van der Waals surface area contributed by atoms with Crippen LogP contribution >= 0.6 is 0 Å². The van der Waals surface area contributed by atoms with E-state index in [1.165, 1.54) is 19.1 Å². The molecule has 1 aromatic rings. The number of quaternary nitrogens is 1. The number of rotatable bonds is 3. The highest BCUT2D eigenvalue weighted by Gasteiger charge is 2.20. The van der Waals surface area contributed by atoms with E-state index >= 15 is 0 Å². The monoisotopic (exact) mass is 309 g/mol. The van der Waals surface area contributed by atoms with Gasteiger partial charge in [0.05, 0.1) is 4.90 Å². The van der Waals surface area contributed by atoms with E-state index in [-0.39, 0.29) is 10.4 Å². The maximum atomic E-state index is 10.4. The molecule has 0 aromatic heterocycles. The minimum atomic E-state index is -4.27. The molecule has 2 atom stereocenters. The molecule has 0 saturated heterocycles. The smallest absolute Gasteiger partial charge is 0.365 e. The maximum absolute atomic E-state index is 10.4. The van der Waals surface area contributed by atoms with E-state index < -0.39 is 28.2 Å². The van der Waals surface area contributed by atoms with Gasteiger partial charge in [-0.1, -0.05) is 17.7 Å². The molecule has 0 aliphatic carbocycles. The summed E-state index contributed by atoms with van der Waals surface area (Å²) in [5.74, 6) is -1.07. The number of hydrogen-bond acceptors (Lipinski definition) is 5. The molecule has 0 saturated carbocycles. The zero-order valence-electron chi connectivity index (χ0n) is 11.1. The summed E-state index contributed by atoms with van der Waals surface area (Å²) in [6.07, 6.45) is -0.868.